The summed E-state index contributed by atoms with van der Waals surface area (Å²) in [6, 6.07) is 7.29. The molecular formula is C23H23FN4O5. The van der Waals surface area contributed by atoms with Crippen molar-refractivity contribution >= 4 is 6.09 Å². The maximum atomic E-state index is 14.2. The van der Waals surface area contributed by atoms with Gasteiger partial charge in [-0.15, -0.1) is 0 Å². The summed E-state index contributed by atoms with van der Waals surface area (Å²) in [7, 11) is 0. The van der Waals surface area contributed by atoms with Crippen LogP contribution in [0, 0.1) is 29.0 Å². The molecule has 2 atom stereocenters. The van der Waals surface area contributed by atoms with Crippen LogP contribution in [0.15, 0.2) is 30.6 Å². The van der Waals surface area contributed by atoms with Gasteiger partial charge in [-0.3, -0.25) is 0 Å². The normalized spacial score (nSPS) is 25.0. The van der Waals surface area contributed by atoms with Gasteiger partial charge in [0.25, 0.3) is 0 Å². The van der Waals surface area contributed by atoms with Gasteiger partial charge in [-0.05, 0) is 38.0 Å². The third-order valence-corrected chi connectivity index (χ3v) is 6.20. The van der Waals surface area contributed by atoms with Gasteiger partial charge < -0.3 is 23.8 Å². The number of aromatic nitrogens is 2. The van der Waals surface area contributed by atoms with Crippen molar-refractivity contribution in [1.29, 1.82) is 5.26 Å². The molecule has 2 aliphatic heterocycles. The van der Waals surface area contributed by atoms with Gasteiger partial charge in [0, 0.05) is 24.9 Å². The highest BCUT2D eigenvalue weighted by Crippen LogP contribution is 2.40. The Kier molecular flexibility index (Phi) is 5.50. The van der Waals surface area contributed by atoms with Crippen LogP contribution in [0.2, 0.25) is 0 Å². The first-order valence-electron chi connectivity index (χ1n) is 10.8. The van der Waals surface area contributed by atoms with Crippen molar-refractivity contribution in [3.8, 4) is 23.6 Å². The maximum absolute atomic E-state index is 14.2. The Morgan fingerprint density at radius 1 is 1.21 bits per heavy atom. The van der Waals surface area contributed by atoms with Crippen molar-refractivity contribution in [3.63, 3.8) is 0 Å². The smallest absolute Gasteiger partial charge is 0.410 e. The number of piperidine rings is 1. The third kappa shape index (κ3) is 4.68. The molecule has 1 aromatic heterocycles. The van der Waals surface area contributed by atoms with Crippen molar-refractivity contribution < 1.29 is 28.1 Å². The largest absolute Gasteiger partial charge is 0.473 e. The molecule has 1 saturated carbocycles. The lowest BCUT2D eigenvalue weighted by Crippen LogP contribution is -2.59. The van der Waals surface area contributed by atoms with Gasteiger partial charge in [0.1, 0.15) is 18.0 Å². The number of halogens is 1. The van der Waals surface area contributed by atoms with Crippen LogP contribution in [0.3, 0.4) is 0 Å². The monoisotopic (exact) mass is 454 g/mol. The van der Waals surface area contributed by atoms with Crippen LogP contribution in [0.5, 0.6) is 17.5 Å². The van der Waals surface area contributed by atoms with Gasteiger partial charge in [0.05, 0.1) is 30.9 Å². The lowest BCUT2D eigenvalue weighted by atomic mass is 9.84. The molecule has 1 amide bonds. The maximum Gasteiger partial charge on any atom is 0.410 e. The zero-order chi connectivity index (χ0) is 23.0. The number of likely N-dealkylation sites (tertiary alicyclic amines) is 1. The number of hydrogen-bond donors (Lipinski definition) is 0. The number of carbonyl (C=O) groups excluding carboxylic acids is 1. The molecule has 3 aliphatic rings. The minimum Gasteiger partial charge on any atom is -0.473 e. The second-order valence-corrected chi connectivity index (χ2v) is 8.92. The Morgan fingerprint density at radius 3 is 2.61 bits per heavy atom. The number of benzene rings is 1. The number of nitrogens with zero attached hydrogens (tertiary/aromatic N) is 4. The van der Waals surface area contributed by atoms with Crippen LogP contribution < -0.4 is 9.47 Å². The SMILES string of the molecule is CC1(OC(=O)N2CC3COCC(C2)C3Oc2cc(Oc3ccc(C#N)cc3F)ncn2)CC1. The number of hydrogen-bond acceptors (Lipinski definition) is 8. The molecule has 9 nitrogen and oxygen atoms in total. The van der Waals surface area contributed by atoms with E-state index >= 15 is 0 Å². The molecule has 33 heavy (non-hydrogen) atoms. The van der Waals surface area contributed by atoms with E-state index in [-0.39, 0.29) is 52.7 Å². The molecule has 0 spiro atoms. The van der Waals surface area contributed by atoms with E-state index < -0.39 is 5.82 Å². The molecule has 3 heterocycles. The molecule has 0 N–H and O–H groups in total. The summed E-state index contributed by atoms with van der Waals surface area (Å²) in [5.41, 5.74) is -0.122. The highest BCUT2D eigenvalue weighted by Gasteiger charge is 2.47. The average Bonchev–Trinajstić information content (AvgIpc) is 3.51. The van der Waals surface area contributed by atoms with Crippen molar-refractivity contribution in [1.82, 2.24) is 14.9 Å². The lowest BCUT2D eigenvalue weighted by molar-refractivity contribution is -0.111. The molecule has 10 heteroatoms. The summed E-state index contributed by atoms with van der Waals surface area (Å²) < 4.78 is 37.2. The van der Waals surface area contributed by atoms with Gasteiger partial charge in [-0.25, -0.2) is 19.2 Å². The van der Waals surface area contributed by atoms with E-state index in [9.17, 15) is 9.18 Å². The number of amides is 1. The second-order valence-electron chi connectivity index (χ2n) is 8.92. The zero-order valence-electron chi connectivity index (χ0n) is 18.1. The fourth-order valence-corrected chi connectivity index (χ4v) is 4.14. The number of rotatable bonds is 5. The molecule has 2 unspecified atom stereocenters. The van der Waals surface area contributed by atoms with Gasteiger partial charge in [0.15, 0.2) is 11.6 Å². The topological polar surface area (TPSA) is 107 Å². The van der Waals surface area contributed by atoms with Crippen molar-refractivity contribution in [2.75, 3.05) is 26.3 Å². The zero-order valence-corrected chi connectivity index (χ0v) is 18.1. The van der Waals surface area contributed by atoms with Gasteiger partial charge >= 0.3 is 6.09 Å². The Hall–Kier alpha value is -3.45. The molecule has 1 aromatic carbocycles. The highest BCUT2D eigenvalue weighted by atomic mass is 19.1. The van der Waals surface area contributed by atoms with Crippen LogP contribution in [-0.4, -0.2) is 59.0 Å². The van der Waals surface area contributed by atoms with Crippen LogP contribution in [0.4, 0.5) is 9.18 Å². The van der Waals surface area contributed by atoms with E-state index in [0.717, 1.165) is 18.9 Å². The minimum atomic E-state index is -0.666. The summed E-state index contributed by atoms with van der Waals surface area (Å²) in [6.07, 6.45) is 2.60. The molecule has 2 bridgehead atoms. The number of fused-ring (bicyclic) bond motifs is 2. The molecule has 0 radical (unpaired) electrons. The molecule has 1 aliphatic carbocycles. The first-order valence-corrected chi connectivity index (χ1v) is 10.8. The molecule has 2 aromatic rings. The van der Waals surface area contributed by atoms with Crippen LogP contribution >= 0.6 is 0 Å². The van der Waals surface area contributed by atoms with Crippen molar-refractivity contribution in [3.05, 3.63) is 42.0 Å². The molecule has 3 fully saturated rings. The molecule has 5 rings (SSSR count). The highest BCUT2D eigenvalue weighted by molar-refractivity contribution is 5.68. The van der Waals surface area contributed by atoms with Crippen molar-refractivity contribution in [2.24, 2.45) is 11.8 Å². The average molecular weight is 454 g/mol. The third-order valence-electron chi connectivity index (χ3n) is 6.20. The summed E-state index contributed by atoms with van der Waals surface area (Å²) in [4.78, 5) is 22.5. The Balaban J connectivity index is 1.26. The Bertz CT molecular complexity index is 1090. The quantitative estimate of drug-likeness (QED) is 0.678. The van der Waals surface area contributed by atoms with E-state index in [2.05, 4.69) is 9.97 Å². The lowest BCUT2D eigenvalue weighted by Gasteiger charge is -2.46. The van der Waals surface area contributed by atoms with Gasteiger partial charge in [-0.2, -0.15) is 5.26 Å². The molecular weight excluding hydrogens is 431 g/mol. The first-order chi connectivity index (χ1) is 15.9. The summed E-state index contributed by atoms with van der Waals surface area (Å²) in [5, 5.41) is 8.87. The van der Waals surface area contributed by atoms with E-state index in [1.54, 1.807) is 4.90 Å². The van der Waals surface area contributed by atoms with E-state index in [1.807, 2.05) is 13.0 Å². The summed E-state index contributed by atoms with van der Waals surface area (Å²) in [5.74, 6) is -0.387. The van der Waals surface area contributed by atoms with Crippen LogP contribution in [-0.2, 0) is 9.47 Å². The van der Waals surface area contributed by atoms with E-state index in [0.29, 0.717) is 26.3 Å². The number of ether oxygens (including phenoxy) is 4. The van der Waals surface area contributed by atoms with Crippen LogP contribution in [0.1, 0.15) is 25.3 Å². The summed E-state index contributed by atoms with van der Waals surface area (Å²) in [6.45, 7) is 3.82. The second kappa shape index (κ2) is 8.48. The Morgan fingerprint density at radius 2 is 1.94 bits per heavy atom. The van der Waals surface area contributed by atoms with Gasteiger partial charge in [-0.1, -0.05) is 0 Å². The minimum absolute atomic E-state index is 0.0348. The summed E-state index contributed by atoms with van der Waals surface area (Å²) >= 11 is 0. The Labute approximate surface area is 190 Å². The molecule has 172 valence electrons. The van der Waals surface area contributed by atoms with Crippen molar-refractivity contribution in [2.45, 2.75) is 31.5 Å². The number of nitriles is 1. The fourth-order valence-electron chi connectivity index (χ4n) is 4.14. The van der Waals surface area contributed by atoms with E-state index in [4.69, 9.17) is 24.2 Å². The van der Waals surface area contributed by atoms with Gasteiger partial charge in [0.2, 0.25) is 11.8 Å². The van der Waals surface area contributed by atoms with Crippen LogP contribution in [0.25, 0.3) is 0 Å². The number of carbonyl (C=O) groups is 1. The standard InChI is InChI=1S/C23H23FN4O5/c1-23(4-5-23)33-22(29)28-9-15-11-30-12-16(10-28)21(15)32-20-7-19(26-13-27-20)31-18-3-2-14(8-25)6-17(18)24/h2-3,6-7,13,15-16,21H,4-5,9-12H2,1H3. The first kappa shape index (κ1) is 21.4. The molecule has 2 saturated heterocycles. The fraction of sp³-hybridized carbons (Fsp3) is 0.478. The van der Waals surface area contributed by atoms with E-state index in [1.165, 1.54) is 24.5 Å². The predicted molar refractivity (Wildman–Crippen MR) is 111 cm³/mol. The predicted octanol–water partition coefficient (Wildman–Crippen LogP) is 3.29.